The number of carbonyl (C=O) groups is 8. The molecule has 15 unspecified atom stereocenters. The second-order valence-electron chi connectivity index (χ2n) is 24.3. The maximum absolute atomic E-state index is 13.6. The van der Waals surface area contributed by atoms with E-state index in [4.69, 9.17) is 42.6 Å². The van der Waals surface area contributed by atoms with Crippen LogP contribution in [0.1, 0.15) is 143 Å². The molecule has 0 aromatic rings. The summed E-state index contributed by atoms with van der Waals surface area (Å²) in [6.07, 6.45) is -12.5. The van der Waals surface area contributed by atoms with Crippen molar-refractivity contribution in [1.82, 2.24) is 42.5 Å². The van der Waals surface area contributed by atoms with Crippen molar-refractivity contribution in [3.05, 3.63) is 0 Å². The summed E-state index contributed by atoms with van der Waals surface area (Å²) in [5, 5.41) is 112. The minimum absolute atomic E-state index is 0.00886. The smallest absolute Gasteiger partial charge is 0.222 e. The van der Waals surface area contributed by atoms with Crippen LogP contribution in [0.15, 0.2) is 0 Å². The fraction of sp³-hybridized carbons (Fsp3) is 0.871. The lowest BCUT2D eigenvalue weighted by Crippen LogP contribution is -2.58. The summed E-state index contributed by atoms with van der Waals surface area (Å²) >= 11 is 0. The third-order valence-electron chi connectivity index (χ3n) is 16.0. The minimum Gasteiger partial charge on any atom is -0.388 e. The molecule has 556 valence electrons. The third-order valence-corrected chi connectivity index (χ3v) is 16.0. The van der Waals surface area contributed by atoms with Crippen LogP contribution >= 0.6 is 0 Å². The van der Waals surface area contributed by atoms with E-state index < -0.39 is 104 Å². The first-order valence-corrected chi connectivity index (χ1v) is 33.7. The molecule has 0 bridgehead atoms. The Balaban J connectivity index is 1.47. The summed E-state index contributed by atoms with van der Waals surface area (Å²) in [4.78, 5) is 101. The zero-order chi connectivity index (χ0) is 70.8. The van der Waals surface area contributed by atoms with Crippen molar-refractivity contribution in [2.45, 2.75) is 240 Å². The number of hydrogen-bond acceptors (Lipinski definition) is 26. The monoisotopic (exact) mass is 1380 g/mol. The van der Waals surface area contributed by atoms with Crippen LogP contribution in [0.3, 0.4) is 0 Å². The molecule has 3 aliphatic heterocycles. The molecule has 0 aromatic carbocycles. The SMILES string of the molecule is CNC(=O)CCCCC(=O)NC(COCCC(=O)NCCCNC(=O)CCCCOC1OC(C)C(O)C(O)C1O)(COCCC(=O)NCCCNC(=O)CCCCOC1OC(C)C(O)C(O)C1O)COCCC(=O)NCCCNC(=O)CCCCOC1OC(C)C(O)C(O)C1O. The molecular formula is C62H112N8O26. The molecule has 8 amide bonds. The normalized spacial score (nSPS) is 26.4. The van der Waals surface area contributed by atoms with Gasteiger partial charge in [0.25, 0.3) is 0 Å². The summed E-state index contributed by atoms with van der Waals surface area (Å²) in [5.74, 6) is -2.34. The van der Waals surface area contributed by atoms with Crippen LogP contribution in [0.4, 0.5) is 0 Å². The largest absolute Gasteiger partial charge is 0.388 e. The Bertz CT molecular complexity index is 2040. The number of hydrogen-bond donors (Lipinski definition) is 17. The van der Waals surface area contributed by atoms with Crippen molar-refractivity contribution >= 4 is 47.3 Å². The number of ether oxygens (including phenoxy) is 9. The van der Waals surface area contributed by atoms with Gasteiger partial charge >= 0.3 is 0 Å². The van der Waals surface area contributed by atoms with Crippen LogP contribution in [-0.2, 0) is 81.0 Å². The molecule has 3 rings (SSSR count). The Kier molecular flexibility index (Phi) is 43.3. The lowest BCUT2D eigenvalue weighted by Gasteiger charge is -2.38. The van der Waals surface area contributed by atoms with Gasteiger partial charge in [-0.2, -0.15) is 0 Å². The summed E-state index contributed by atoms with van der Waals surface area (Å²) in [5.41, 5.74) is -1.42. The Morgan fingerprint density at radius 1 is 0.312 bits per heavy atom. The Hall–Kier alpha value is -4.96. The van der Waals surface area contributed by atoms with Gasteiger partial charge in [-0.1, -0.05) is 0 Å². The van der Waals surface area contributed by atoms with Crippen molar-refractivity contribution in [2.75, 3.05) is 106 Å². The fourth-order valence-electron chi connectivity index (χ4n) is 9.96. The Morgan fingerprint density at radius 2 is 0.562 bits per heavy atom. The summed E-state index contributed by atoms with van der Waals surface area (Å²) in [6, 6.07) is 0. The van der Waals surface area contributed by atoms with E-state index >= 15 is 0 Å². The lowest BCUT2D eigenvalue weighted by atomic mass is 10.0. The fourth-order valence-corrected chi connectivity index (χ4v) is 9.96. The summed E-state index contributed by atoms with van der Waals surface area (Å²) in [6.45, 7) is 5.59. The highest BCUT2D eigenvalue weighted by atomic mass is 16.7. The molecule has 0 radical (unpaired) electrons. The lowest BCUT2D eigenvalue weighted by molar-refractivity contribution is -0.293. The highest BCUT2D eigenvalue weighted by Crippen LogP contribution is 2.25. The van der Waals surface area contributed by atoms with Crippen LogP contribution in [-0.4, -0.2) is 297 Å². The highest BCUT2D eigenvalue weighted by molar-refractivity contribution is 5.79. The van der Waals surface area contributed by atoms with E-state index in [0.717, 1.165) is 0 Å². The molecule has 3 aliphatic rings. The minimum atomic E-state index is -1.42. The molecule has 96 heavy (non-hydrogen) atoms. The maximum Gasteiger partial charge on any atom is 0.222 e. The highest BCUT2D eigenvalue weighted by Gasteiger charge is 2.45. The molecule has 34 nitrogen and oxygen atoms in total. The number of aliphatic hydroxyl groups is 9. The van der Waals surface area contributed by atoms with Crippen LogP contribution < -0.4 is 42.5 Å². The van der Waals surface area contributed by atoms with Crippen molar-refractivity contribution in [3.63, 3.8) is 0 Å². The van der Waals surface area contributed by atoms with Gasteiger partial charge < -0.3 is 131 Å². The van der Waals surface area contributed by atoms with E-state index in [0.29, 0.717) is 70.6 Å². The van der Waals surface area contributed by atoms with Crippen LogP contribution in [0, 0.1) is 0 Å². The van der Waals surface area contributed by atoms with E-state index in [9.17, 15) is 84.3 Å². The van der Waals surface area contributed by atoms with Crippen LogP contribution in [0.5, 0.6) is 0 Å². The van der Waals surface area contributed by atoms with Gasteiger partial charge in [0, 0.05) is 118 Å². The third kappa shape index (κ3) is 34.7. The van der Waals surface area contributed by atoms with Gasteiger partial charge in [-0.3, -0.25) is 38.4 Å². The van der Waals surface area contributed by atoms with E-state index in [1.807, 2.05) is 0 Å². The number of carbonyl (C=O) groups excluding carboxylic acids is 8. The number of aliphatic hydroxyl groups excluding tert-OH is 9. The zero-order valence-corrected chi connectivity index (χ0v) is 56.2. The van der Waals surface area contributed by atoms with E-state index in [2.05, 4.69) is 42.5 Å². The summed E-state index contributed by atoms with van der Waals surface area (Å²) < 4.78 is 50.8. The maximum atomic E-state index is 13.6. The van der Waals surface area contributed by atoms with Crippen molar-refractivity contribution < 1.29 is 127 Å². The molecule has 0 aromatic heterocycles. The second kappa shape index (κ2) is 48.7. The molecule has 3 saturated heterocycles. The average molecular weight is 1390 g/mol. The first-order chi connectivity index (χ1) is 45.9. The first-order valence-electron chi connectivity index (χ1n) is 33.7. The molecular weight excluding hydrogens is 1270 g/mol. The molecule has 3 fully saturated rings. The standard InChI is InChI=1S/C62H112N8O26/c1-39-50(79)53(82)56(85)59(94-39)91-30-10-7-17-43(72)64-24-13-27-67-46(75)21-33-88-36-62(70-49(78)20-6-5-16-42(71)63-4,37-89-34-22-47(76)68-28-14-25-65-44(73)18-8-11-31-92-60-57(86)54(83)51(80)40(2)95-60)38-90-35-23-48(77)69-29-15-26-66-45(74)19-9-12-32-93-61-58(87)55(84)52(81)41(3)96-61/h39-41,50-61,79-87H,5-38H2,1-4H3,(H,63,71)(H,64,72)(H,65,73)(H,66,74)(H,67,75)(H,68,76)(H,69,77)(H,70,78). The molecule has 0 spiro atoms. The molecule has 0 saturated carbocycles. The number of amides is 8. The van der Waals surface area contributed by atoms with Gasteiger partial charge in [-0.25, -0.2) is 0 Å². The van der Waals surface area contributed by atoms with Crippen LogP contribution in [0.2, 0.25) is 0 Å². The predicted octanol–water partition coefficient (Wildman–Crippen LogP) is -4.72. The van der Waals surface area contributed by atoms with E-state index in [1.54, 1.807) is 20.8 Å². The van der Waals surface area contributed by atoms with Gasteiger partial charge in [0.1, 0.15) is 60.5 Å². The van der Waals surface area contributed by atoms with E-state index in [1.165, 1.54) is 7.05 Å². The average Bonchev–Trinajstić information content (AvgIpc) is 0.867. The van der Waals surface area contributed by atoms with E-state index in [-0.39, 0.29) is 191 Å². The van der Waals surface area contributed by atoms with Crippen molar-refractivity contribution in [3.8, 4) is 0 Å². The van der Waals surface area contributed by atoms with Crippen LogP contribution in [0.25, 0.3) is 0 Å². The summed E-state index contributed by atoms with van der Waals surface area (Å²) in [7, 11) is 1.51. The molecule has 15 atom stereocenters. The van der Waals surface area contributed by atoms with Gasteiger partial charge in [0.05, 0.1) is 58.0 Å². The topological polar surface area (TPSA) is 498 Å². The Labute approximate surface area is 561 Å². The van der Waals surface area contributed by atoms with Crippen molar-refractivity contribution in [1.29, 1.82) is 0 Å². The van der Waals surface area contributed by atoms with Crippen molar-refractivity contribution in [2.24, 2.45) is 0 Å². The molecule has 34 heteroatoms. The number of nitrogens with one attached hydrogen (secondary N) is 8. The Morgan fingerprint density at radius 3 is 0.844 bits per heavy atom. The number of unbranched alkanes of at least 4 members (excludes halogenated alkanes) is 4. The second-order valence-corrected chi connectivity index (χ2v) is 24.3. The van der Waals surface area contributed by atoms with Gasteiger partial charge in [0.2, 0.25) is 47.3 Å². The van der Waals surface area contributed by atoms with Gasteiger partial charge in [0.15, 0.2) is 18.9 Å². The van der Waals surface area contributed by atoms with Gasteiger partial charge in [-0.15, -0.1) is 0 Å². The zero-order valence-electron chi connectivity index (χ0n) is 56.2. The molecule has 17 N–H and O–H groups in total. The molecule has 3 heterocycles. The first kappa shape index (κ1) is 85.3. The quantitative estimate of drug-likeness (QED) is 0.0254. The number of rotatable bonds is 51. The van der Waals surface area contributed by atoms with Gasteiger partial charge in [-0.05, 0) is 91.4 Å². The molecule has 0 aliphatic carbocycles. The predicted molar refractivity (Wildman–Crippen MR) is 338 cm³/mol.